The SMILES string of the molecule is C=CCO[C@@]12Oc3ccc(Oc4ccc(SC)cc4)cc3[C@H]3[C@H](CCCCO)[C@@H](CCCCO)C=C(C(=NOC4CCCCO4)C[C@@H]1N(CCOCCO)C(=O)C1CC1)[C@H]32. The summed E-state index contributed by atoms with van der Waals surface area (Å²) in [6, 6.07) is 13.4. The summed E-state index contributed by atoms with van der Waals surface area (Å²) in [7, 11) is 0. The number of rotatable bonds is 23. The smallest absolute Gasteiger partial charge is 0.239 e. The first kappa shape index (κ1) is 44.6. The highest BCUT2D eigenvalue weighted by Gasteiger charge is 2.66. The number of unbranched alkanes of at least 4 members (excludes halogenated alkanes) is 2. The van der Waals surface area contributed by atoms with Gasteiger partial charge in [0.2, 0.25) is 18.0 Å². The van der Waals surface area contributed by atoms with Crippen LogP contribution in [-0.4, -0.2) is 109 Å². The minimum absolute atomic E-state index is 0.0249. The van der Waals surface area contributed by atoms with E-state index < -0.39 is 24.0 Å². The molecule has 2 aromatic carbocycles. The summed E-state index contributed by atoms with van der Waals surface area (Å²) in [4.78, 5) is 23.9. The van der Waals surface area contributed by atoms with Gasteiger partial charge in [-0.25, -0.2) is 0 Å². The van der Waals surface area contributed by atoms with Crippen LogP contribution in [0.3, 0.4) is 0 Å². The van der Waals surface area contributed by atoms with E-state index in [2.05, 4.69) is 18.7 Å². The van der Waals surface area contributed by atoms with Crippen LogP contribution in [0.5, 0.6) is 17.2 Å². The van der Waals surface area contributed by atoms with E-state index in [1.807, 2.05) is 47.6 Å². The molecule has 1 saturated heterocycles. The van der Waals surface area contributed by atoms with Gasteiger partial charge in [-0.3, -0.25) is 4.79 Å². The van der Waals surface area contributed by atoms with Crippen LogP contribution < -0.4 is 9.47 Å². The lowest BCUT2D eigenvalue weighted by atomic mass is 9.55. The van der Waals surface area contributed by atoms with Gasteiger partial charge in [-0.1, -0.05) is 30.1 Å². The van der Waals surface area contributed by atoms with Crippen molar-refractivity contribution in [1.29, 1.82) is 0 Å². The number of carbonyl (C=O) groups is 1. The Kier molecular flexibility index (Phi) is 16.0. The molecule has 1 unspecified atom stereocenters. The molecule has 0 bridgehead atoms. The highest BCUT2D eigenvalue weighted by molar-refractivity contribution is 7.98. The predicted octanol–water partition coefficient (Wildman–Crippen LogP) is 7.61. The van der Waals surface area contributed by atoms with Gasteiger partial charge in [-0.15, -0.1) is 18.3 Å². The minimum Gasteiger partial charge on any atom is -0.459 e. The van der Waals surface area contributed by atoms with Gasteiger partial charge >= 0.3 is 0 Å². The molecule has 5 aliphatic rings. The van der Waals surface area contributed by atoms with Crippen LogP contribution in [0.15, 0.2) is 76.8 Å². The molecule has 0 radical (unpaired) electrons. The van der Waals surface area contributed by atoms with Gasteiger partial charge in [0.15, 0.2) is 0 Å². The first-order valence-electron chi connectivity index (χ1n) is 22.1. The number of ether oxygens (including phenoxy) is 5. The van der Waals surface area contributed by atoms with Crippen molar-refractivity contribution in [3.05, 3.63) is 72.3 Å². The molecule has 0 spiro atoms. The number of hydrogen-bond acceptors (Lipinski definition) is 12. The molecular formula is C47H64N2O10S. The Labute approximate surface area is 359 Å². The summed E-state index contributed by atoms with van der Waals surface area (Å²) in [5.41, 5.74) is 2.70. The Hall–Kier alpha value is -3.43. The van der Waals surface area contributed by atoms with Gasteiger partial charge < -0.3 is 48.7 Å². The van der Waals surface area contributed by atoms with Gasteiger partial charge in [0.1, 0.15) is 23.3 Å². The highest BCUT2D eigenvalue weighted by atomic mass is 32.2. The highest BCUT2D eigenvalue weighted by Crippen LogP contribution is 2.62. The Morgan fingerprint density at radius 1 is 0.983 bits per heavy atom. The van der Waals surface area contributed by atoms with Crippen LogP contribution in [0.4, 0.5) is 0 Å². The lowest BCUT2D eigenvalue weighted by Gasteiger charge is -2.60. The molecule has 7 atom stereocenters. The number of carbonyl (C=O) groups excluding carboxylic acids is 1. The zero-order valence-electron chi connectivity index (χ0n) is 35.1. The molecule has 13 heteroatoms. The molecule has 2 heterocycles. The summed E-state index contributed by atoms with van der Waals surface area (Å²) in [6.45, 7) is 5.61. The van der Waals surface area contributed by atoms with Crippen molar-refractivity contribution in [2.24, 2.45) is 28.8 Å². The topological polar surface area (TPSA) is 149 Å². The lowest BCUT2D eigenvalue weighted by molar-refractivity contribution is -0.258. The fourth-order valence-electron chi connectivity index (χ4n) is 9.72. The molecule has 0 aromatic heterocycles. The molecule has 2 aromatic rings. The molecule has 328 valence electrons. The number of fused-ring (bicyclic) bond motifs is 2. The van der Waals surface area contributed by atoms with Gasteiger partial charge in [-0.05, 0) is 117 Å². The molecule has 3 N–H and O–H groups in total. The molecule has 2 saturated carbocycles. The van der Waals surface area contributed by atoms with E-state index in [0.29, 0.717) is 37.4 Å². The fourth-order valence-corrected chi connectivity index (χ4v) is 10.1. The summed E-state index contributed by atoms with van der Waals surface area (Å²) < 4.78 is 32.8. The van der Waals surface area contributed by atoms with Crippen molar-refractivity contribution >= 4 is 23.4 Å². The van der Waals surface area contributed by atoms with E-state index >= 15 is 0 Å². The first-order valence-corrected chi connectivity index (χ1v) is 23.3. The number of amides is 1. The van der Waals surface area contributed by atoms with E-state index in [9.17, 15) is 20.1 Å². The molecule has 1 amide bonds. The van der Waals surface area contributed by atoms with E-state index in [4.69, 9.17) is 33.7 Å². The second-order valence-corrected chi connectivity index (χ2v) is 17.5. The second-order valence-electron chi connectivity index (χ2n) is 16.6. The third kappa shape index (κ3) is 10.3. The van der Waals surface area contributed by atoms with Crippen molar-refractivity contribution in [2.45, 2.75) is 106 Å². The number of thioether (sulfide) groups is 1. The number of oxime groups is 1. The second kappa shape index (κ2) is 21.6. The van der Waals surface area contributed by atoms with E-state index in [1.165, 1.54) is 0 Å². The van der Waals surface area contributed by atoms with E-state index in [1.54, 1.807) is 17.8 Å². The van der Waals surface area contributed by atoms with E-state index in [0.717, 1.165) is 85.3 Å². The molecule has 7 rings (SSSR count). The Morgan fingerprint density at radius 2 is 1.77 bits per heavy atom. The summed E-state index contributed by atoms with van der Waals surface area (Å²) in [5.74, 6) is 0.204. The summed E-state index contributed by atoms with van der Waals surface area (Å²) >= 11 is 1.68. The van der Waals surface area contributed by atoms with Crippen molar-refractivity contribution in [2.75, 3.05) is 59.0 Å². The molecule has 2 aliphatic heterocycles. The number of nitrogens with zero attached hydrogens (tertiary/aromatic N) is 2. The number of aliphatic hydroxyl groups is 3. The Balaban J connectivity index is 1.41. The predicted molar refractivity (Wildman–Crippen MR) is 230 cm³/mol. The fraction of sp³-hybridized carbons (Fsp3) is 0.617. The monoisotopic (exact) mass is 848 g/mol. The largest absolute Gasteiger partial charge is 0.459 e. The maximum absolute atomic E-state index is 14.6. The average molecular weight is 849 g/mol. The number of benzene rings is 2. The van der Waals surface area contributed by atoms with Crippen LogP contribution in [0.2, 0.25) is 0 Å². The Bertz CT molecular complexity index is 1780. The van der Waals surface area contributed by atoms with Gasteiger partial charge in [0.25, 0.3) is 0 Å². The molecule has 60 heavy (non-hydrogen) atoms. The molecule has 12 nitrogen and oxygen atoms in total. The lowest BCUT2D eigenvalue weighted by Crippen LogP contribution is -2.70. The number of allylic oxidation sites excluding steroid dienone is 1. The van der Waals surface area contributed by atoms with Crippen molar-refractivity contribution in [3.8, 4) is 17.2 Å². The molecule has 3 aliphatic carbocycles. The minimum atomic E-state index is -1.36. The zero-order chi connectivity index (χ0) is 41.9. The molecular weight excluding hydrogens is 785 g/mol. The van der Waals surface area contributed by atoms with Crippen LogP contribution in [0, 0.1) is 23.7 Å². The van der Waals surface area contributed by atoms with Crippen LogP contribution in [-0.2, 0) is 23.8 Å². The van der Waals surface area contributed by atoms with Crippen LogP contribution in [0.1, 0.15) is 88.5 Å². The normalized spacial score (nSPS) is 27.6. The number of hydrogen-bond donors (Lipinski definition) is 3. The van der Waals surface area contributed by atoms with Crippen molar-refractivity contribution in [3.63, 3.8) is 0 Å². The van der Waals surface area contributed by atoms with Crippen LogP contribution >= 0.6 is 11.8 Å². The average Bonchev–Trinajstić information content (AvgIpc) is 4.13. The van der Waals surface area contributed by atoms with Gasteiger partial charge in [0, 0.05) is 54.9 Å². The standard InChI is InChI=1S/C47H64N2O10S/c1-3-25-56-47-42(49(21-27-54-28-24-52)46(53)32-13-14-32)31-40(48-59-43-12-6-9-26-55-43)38-29-33(10-4-7-22-50)37(11-5-8-23-51)44(45(38)47)39-30-35(17-20-41(39)58-47)57-34-15-18-36(60-2)19-16-34/h3,15-20,29-30,32-33,37,42-45,50-52H,1,4-14,21-28,31H2,2H3/t33-,37+,42-,43?,44+,45+,47+/m0/s1. The third-order valence-electron chi connectivity index (χ3n) is 12.7. The Morgan fingerprint density at radius 3 is 2.47 bits per heavy atom. The van der Waals surface area contributed by atoms with Crippen LogP contribution in [0.25, 0.3) is 0 Å². The molecule has 3 fully saturated rings. The van der Waals surface area contributed by atoms with Gasteiger partial charge in [-0.2, -0.15) is 0 Å². The number of aliphatic hydroxyl groups excluding tert-OH is 3. The summed E-state index contributed by atoms with van der Waals surface area (Å²) in [6.07, 6.45) is 15.0. The quantitative estimate of drug-likeness (QED) is 0.0439. The zero-order valence-corrected chi connectivity index (χ0v) is 35.9. The van der Waals surface area contributed by atoms with Crippen molar-refractivity contribution in [1.82, 2.24) is 4.90 Å². The maximum Gasteiger partial charge on any atom is 0.239 e. The third-order valence-corrected chi connectivity index (χ3v) is 13.4. The van der Waals surface area contributed by atoms with Crippen molar-refractivity contribution < 1.29 is 48.6 Å². The first-order chi connectivity index (χ1) is 29.4. The van der Waals surface area contributed by atoms with Gasteiger partial charge in [0.05, 0.1) is 44.7 Å². The maximum atomic E-state index is 14.6. The summed E-state index contributed by atoms with van der Waals surface area (Å²) in [5, 5.41) is 34.4. The van der Waals surface area contributed by atoms with E-state index in [-0.39, 0.29) is 75.8 Å².